The first-order chi connectivity index (χ1) is 16.3. The molecule has 2 aliphatic heterocycles. The number of rotatable bonds is 0. The first-order valence-corrected chi connectivity index (χ1v) is 11.5. The first kappa shape index (κ1) is 20.7. The predicted molar refractivity (Wildman–Crippen MR) is 137 cm³/mol. The molecule has 0 saturated heterocycles. The molecule has 3 heterocycles. The van der Waals surface area contributed by atoms with Gasteiger partial charge in [0.2, 0.25) is 0 Å². The monoisotopic (exact) mass is 448 g/mol. The number of benzene rings is 3. The molecule has 5 heteroatoms. The molecular weight excluding hydrogens is 425 g/mol. The second kappa shape index (κ2) is 7.04. The van der Waals surface area contributed by atoms with Crippen molar-refractivity contribution in [3.8, 4) is 11.8 Å². The van der Waals surface area contributed by atoms with Crippen LogP contribution < -0.4 is 0 Å². The van der Waals surface area contributed by atoms with Gasteiger partial charge in [0.05, 0.1) is 5.57 Å². The van der Waals surface area contributed by atoms with Crippen LogP contribution in [0.4, 0.5) is 8.63 Å². The molecule has 0 atom stereocenters. The Hall–Kier alpha value is -3.91. The van der Waals surface area contributed by atoms with Crippen LogP contribution in [0.1, 0.15) is 36.4 Å². The van der Waals surface area contributed by atoms with Crippen LogP contribution in [0.25, 0.3) is 27.6 Å². The molecule has 166 valence electrons. The highest BCUT2D eigenvalue weighted by Crippen LogP contribution is 2.38. The normalized spacial score (nSPS) is 16.5. The lowest BCUT2D eigenvalue weighted by Crippen LogP contribution is -2.50. The highest BCUT2D eigenvalue weighted by Gasteiger charge is 2.54. The van der Waals surface area contributed by atoms with Gasteiger partial charge in [-0.3, -0.25) is 0 Å². The van der Waals surface area contributed by atoms with E-state index in [2.05, 4.69) is 42.2 Å². The molecule has 6 rings (SSSR count). The van der Waals surface area contributed by atoms with Gasteiger partial charge in [0.15, 0.2) is 5.70 Å². The van der Waals surface area contributed by atoms with Crippen LogP contribution >= 0.6 is 0 Å². The Kier molecular flexibility index (Phi) is 4.29. The summed E-state index contributed by atoms with van der Waals surface area (Å²) in [6.07, 6.45) is 1.88. The Morgan fingerprint density at radius 2 is 1.44 bits per heavy atom. The van der Waals surface area contributed by atoms with Crippen LogP contribution in [0.2, 0.25) is 0 Å². The molecule has 0 N–H and O–H groups in total. The van der Waals surface area contributed by atoms with Gasteiger partial charge in [-0.1, -0.05) is 60.4 Å². The van der Waals surface area contributed by atoms with E-state index in [0.29, 0.717) is 28.4 Å². The third-order valence-electron chi connectivity index (χ3n) is 7.19. The fraction of sp³-hybridized carbons (Fsp3) is 0.138. The number of hydrogen-bond acceptors (Lipinski definition) is 0. The fourth-order valence-corrected chi connectivity index (χ4v) is 5.59. The van der Waals surface area contributed by atoms with Gasteiger partial charge in [0.1, 0.15) is 5.71 Å². The van der Waals surface area contributed by atoms with E-state index in [1.54, 1.807) is 13.8 Å². The Balaban J connectivity index is 1.58. The van der Waals surface area contributed by atoms with Crippen molar-refractivity contribution in [3.05, 3.63) is 100 Å². The van der Waals surface area contributed by atoms with Gasteiger partial charge in [-0.2, -0.15) is 0 Å². The highest BCUT2D eigenvalue weighted by atomic mass is 19.2. The van der Waals surface area contributed by atoms with E-state index in [4.69, 9.17) is 0 Å². The molecular formula is C29H23BF2N2. The second-order valence-electron chi connectivity index (χ2n) is 9.24. The topological polar surface area (TPSA) is 7.94 Å². The van der Waals surface area contributed by atoms with E-state index >= 15 is 8.63 Å². The van der Waals surface area contributed by atoms with Crippen LogP contribution in [-0.4, -0.2) is 21.6 Å². The Bertz CT molecular complexity index is 1670. The molecule has 0 bridgehead atoms. The van der Waals surface area contributed by atoms with Crippen LogP contribution in [0.3, 0.4) is 0 Å². The summed E-state index contributed by atoms with van der Waals surface area (Å²) in [6, 6.07) is 20.3. The van der Waals surface area contributed by atoms with Crippen molar-refractivity contribution in [2.45, 2.75) is 27.7 Å². The van der Waals surface area contributed by atoms with Gasteiger partial charge >= 0.3 is 6.97 Å². The molecule has 2 nitrogen and oxygen atoms in total. The van der Waals surface area contributed by atoms with Crippen molar-refractivity contribution in [3.63, 3.8) is 0 Å². The Labute approximate surface area is 197 Å². The fourth-order valence-electron chi connectivity index (χ4n) is 5.59. The van der Waals surface area contributed by atoms with Crippen molar-refractivity contribution in [2.24, 2.45) is 0 Å². The molecule has 0 unspecified atom stereocenters. The molecule has 0 aliphatic carbocycles. The third-order valence-corrected chi connectivity index (χ3v) is 7.19. The van der Waals surface area contributed by atoms with Crippen LogP contribution in [0.5, 0.6) is 0 Å². The maximum atomic E-state index is 15.8. The predicted octanol–water partition coefficient (Wildman–Crippen LogP) is 6.84. The number of halogens is 2. The van der Waals surface area contributed by atoms with Crippen molar-refractivity contribution in [1.29, 1.82) is 0 Å². The van der Waals surface area contributed by atoms with Gasteiger partial charge in [0.25, 0.3) is 0 Å². The third kappa shape index (κ3) is 2.72. The van der Waals surface area contributed by atoms with Gasteiger partial charge < -0.3 is 17.6 Å². The maximum absolute atomic E-state index is 15.8. The average Bonchev–Trinajstić information content (AvgIpc) is 3.24. The van der Waals surface area contributed by atoms with Crippen LogP contribution in [-0.2, 0) is 0 Å². The molecule has 3 aromatic carbocycles. The number of hydrogen-bond donors (Lipinski definition) is 0. The number of nitrogens with zero attached hydrogens (tertiary/aromatic N) is 2. The van der Waals surface area contributed by atoms with Gasteiger partial charge in [-0.15, -0.1) is 0 Å². The van der Waals surface area contributed by atoms with E-state index < -0.39 is 6.97 Å². The van der Waals surface area contributed by atoms with E-state index in [0.717, 1.165) is 38.2 Å². The quantitative estimate of drug-likeness (QED) is 0.158. The summed E-state index contributed by atoms with van der Waals surface area (Å²) in [4.78, 5) is 0. The molecule has 0 radical (unpaired) electrons. The minimum Gasteiger partial charge on any atom is -0.394 e. The Morgan fingerprint density at radius 3 is 2.09 bits per heavy atom. The zero-order valence-electron chi connectivity index (χ0n) is 19.6. The largest absolute Gasteiger partial charge is 0.737 e. The number of aromatic nitrogens is 1. The van der Waals surface area contributed by atoms with Gasteiger partial charge in [0, 0.05) is 29.8 Å². The molecule has 4 aromatic rings. The van der Waals surface area contributed by atoms with Crippen molar-refractivity contribution in [1.82, 2.24) is 4.48 Å². The van der Waals surface area contributed by atoms with E-state index in [1.807, 2.05) is 50.3 Å². The summed E-state index contributed by atoms with van der Waals surface area (Å²) < 4.78 is 34.0. The van der Waals surface area contributed by atoms with E-state index in [9.17, 15) is 0 Å². The lowest BCUT2D eigenvalue weighted by atomic mass is 9.89. The van der Waals surface area contributed by atoms with Gasteiger partial charge in [-0.05, 0) is 65.7 Å². The van der Waals surface area contributed by atoms with Crippen molar-refractivity contribution in [2.75, 3.05) is 0 Å². The molecule has 0 fully saturated rings. The molecule has 1 aromatic heterocycles. The number of aryl methyl sites for hydroxylation is 2. The smallest absolute Gasteiger partial charge is 0.394 e. The maximum Gasteiger partial charge on any atom is 0.737 e. The summed E-state index contributed by atoms with van der Waals surface area (Å²) in [5, 5.41) is 4.36. The zero-order valence-corrected chi connectivity index (χ0v) is 19.6. The molecule has 0 saturated carbocycles. The Morgan fingerprint density at radius 1 is 0.824 bits per heavy atom. The summed E-state index contributed by atoms with van der Waals surface area (Å²) in [5.41, 5.74) is 5.45. The molecule has 0 amide bonds. The average molecular weight is 448 g/mol. The lowest BCUT2D eigenvalue weighted by Gasteiger charge is -2.30. The lowest BCUT2D eigenvalue weighted by molar-refractivity contribution is -0.363. The summed E-state index contributed by atoms with van der Waals surface area (Å²) in [6.45, 7) is 3.28. The van der Waals surface area contributed by atoms with E-state index in [-0.39, 0.29) is 0 Å². The molecule has 0 spiro atoms. The van der Waals surface area contributed by atoms with Crippen LogP contribution in [0, 0.1) is 25.7 Å². The molecule has 2 aliphatic rings. The molecule has 34 heavy (non-hydrogen) atoms. The van der Waals surface area contributed by atoms with Crippen molar-refractivity contribution < 1.29 is 13.1 Å². The zero-order chi connectivity index (χ0) is 23.8. The summed E-state index contributed by atoms with van der Waals surface area (Å²) in [7, 11) is 0. The minimum atomic E-state index is -4.00. The second-order valence-corrected chi connectivity index (χ2v) is 9.24. The first-order valence-electron chi connectivity index (χ1n) is 11.5. The van der Waals surface area contributed by atoms with Crippen LogP contribution in [0.15, 0.2) is 77.5 Å². The summed E-state index contributed by atoms with van der Waals surface area (Å²) in [5.74, 6) is 6.68. The van der Waals surface area contributed by atoms with Crippen molar-refractivity contribution >= 4 is 40.3 Å². The van der Waals surface area contributed by atoms with E-state index in [1.165, 1.54) is 8.96 Å². The standard InChI is InChI=1S/C29H23BF2N2/c1-18-15-19(2)33-28(18)17-29-20(3)24(21(4)34(29)30(33,31)32)13-14-27-25-11-7-5-9-22(25)16-23-10-6-8-12-26(23)27/h5-12,15-17H,1-4H3. The number of fused-ring (bicyclic) bond motifs is 4. The highest BCUT2D eigenvalue weighted by molar-refractivity contribution is 6.58. The minimum absolute atomic E-state index is 0.502. The SMILES string of the molecule is CC1=C(C#Cc2c3ccccc3cc3ccccc23)C(C)=[N+]2C1=Cc1c(C)cc(C)n1[B-]2(F)F. The van der Waals surface area contributed by atoms with Gasteiger partial charge in [-0.25, -0.2) is 0 Å². The summed E-state index contributed by atoms with van der Waals surface area (Å²) >= 11 is 0. The number of allylic oxidation sites excluding steroid dienone is 2.